The van der Waals surface area contributed by atoms with E-state index in [9.17, 15) is 4.79 Å². The van der Waals surface area contributed by atoms with Crippen LogP contribution in [0.5, 0.6) is 17.2 Å². The van der Waals surface area contributed by atoms with Gasteiger partial charge >= 0.3 is 0 Å². The largest absolute Gasteiger partial charge is 0.495 e. The van der Waals surface area contributed by atoms with Gasteiger partial charge < -0.3 is 24.8 Å². The Morgan fingerprint density at radius 2 is 1.90 bits per heavy atom. The lowest BCUT2D eigenvalue weighted by Gasteiger charge is -2.29. The summed E-state index contributed by atoms with van der Waals surface area (Å²) in [5.74, 6) is 1.56. The molecule has 2 heterocycles. The second-order valence-electron chi connectivity index (χ2n) is 8.97. The summed E-state index contributed by atoms with van der Waals surface area (Å²) in [6, 6.07) is 15.5. The van der Waals surface area contributed by atoms with E-state index < -0.39 is 6.04 Å². The second kappa shape index (κ2) is 12.4. The highest BCUT2D eigenvalue weighted by Crippen LogP contribution is 2.43. The van der Waals surface area contributed by atoms with E-state index in [0.717, 1.165) is 5.56 Å². The number of nitrogens with zero attached hydrogens (tertiary/aromatic N) is 4. The van der Waals surface area contributed by atoms with Crippen LogP contribution < -0.4 is 24.8 Å². The lowest BCUT2D eigenvalue weighted by molar-refractivity contribution is -0.113. The van der Waals surface area contributed by atoms with Gasteiger partial charge in [-0.3, -0.25) is 4.79 Å². The lowest BCUT2D eigenvalue weighted by atomic mass is 9.94. The molecule has 1 aromatic heterocycles. The molecule has 0 bridgehead atoms. The molecule has 4 aromatic rings. The first kappa shape index (κ1) is 28.7. The van der Waals surface area contributed by atoms with E-state index in [1.807, 2.05) is 37.3 Å². The summed E-state index contributed by atoms with van der Waals surface area (Å²) < 4.78 is 19.7. The zero-order valence-corrected chi connectivity index (χ0v) is 25.3. The lowest BCUT2D eigenvalue weighted by Crippen LogP contribution is -2.31. The van der Waals surface area contributed by atoms with Gasteiger partial charge in [-0.25, -0.2) is 0 Å². The highest BCUT2D eigenvalue weighted by atomic mass is 79.9. The van der Waals surface area contributed by atoms with Crippen molar-refractivity contribution in [3.8, 4) is 17.2 Å². The van der Waals surface area contributed by atoms with E-state index in [-0.39, 0.29) is 12.5 Å². The molecule has 41 heavy (non-hydrogen) atoms. The molecule has 2 N–H and O–H groups in total. The molecular weight excluding hydrogens is 635 g/mol. The highest BCUT2D eigenvalue weighted by molar-refractivity contribution is 9.10. The minimum atomic E-state index is -0.685. The molecule has 0 aliphatic carbocycles. The van der Waals surface area contributed by atoms with Crippen LogP contribution in [-0.4, -0.2) is 39.8 Å². The Bertz CT molecular complexity index is 1640. The number of carbonyl (C=O) groups excluding carboxylic acids is 1. The van der Waals surface area contributed by atoms with Crippen LogP contribution in [0.3, 0.4) is 0 Å². The summed E-state index contributed by atoms with van der Waals surface area (Å²) in [5, 5.41) is 19.1. The Hall–Kier alpha value is -3.80. The van der Waals surface area contributed by atoms with Gasteiger partial charge in [-0.15, -0.1) is 0 Å². The van der Waals surface area contributed by atoms with Crippen LogP contribution in [0.25, 0.3) is 0 Å². The highest BCUT2D eigenvalue weighted by Gasteiger charge is 2.35. The number of ether oxygens (including phenoxy) is 3. The van der Waals surface area contributed by atoms with Gasteiger partial charge in [-0.05, 0) is 87.7 Å². The number of aromatic nitrogens is 4. The maximum atomic E-state index is 13.8. The summed E-state index contributed by atoms with van der Waals surface area (Å²) in [4.78, 5) is 13.8. The quantitative estimate of drug-likeness (QED) is 0.205. The maximum Gasteiger partial charge on any atom is 0.255 e. The van der Waals surface area contributed by atoms with E-state index in [4.69, 9.17) is 37.4 Å². The van der Waals surface area contributed by atoms with Crippen molar-refractivity contribution in [1.29, 1.82) is 0 Å². The van der Waals surface area contributed by atoms with E-state index in [2.05, 4.69) is 42.1 Å². The zero-order chi connectivity index (χ0) is 29.1. The molecule has 5 rings (SSSR count). The van der Waals surface area contributed by atoms with Gasteiger partial charge in [0.2, 0.25) is 5.95 Å². The Labute approximate surface area is 254 Å². The average molecular weight is 660 g/mol. The standard InChI is InChI=1S/C28H25BrCl2N6O4/c1-4-40-23-13-17(12-18(29)26(23)41-14-16-9-10-19(30)20(31)11-16)25-24(15(2)32-28-34-35-36-37(25)28)27(38)33-21-7-5-6-8-22(21)39-3/h5-13,25H,4,14H2,1-3H3,(H,33,38)(H,32,34,36). The molecule has 212 valence electrons. The van der Waals surface area contributed by atoms with Crippen LogP contribution >= 0.6 is 39.1 Å². The molecule has 3 aromatic carbocycles. The fraction of sp³-hybridized carbons (Fsp3) is 0.214. The number of hydrogen-bond donors (Lipinski definition) is 2. The molecule has 0 saturated heterocycles. The number of anilines is 2. The summed E-state index contributed by atoms with van der Waals surface area (Å²) >= 11 is 15.9. The van der Waals surface area contributed by atoms with Gasteiger partial charge in [0.25, 0.3) is 5.91 Å². The number of rotatable bonds is 9. The van der Waals surface area contributed by atoms with E-state index >= 15 is 0 Å². The first-order valence-corrected chi connectivity index (χ1v) is 14.1. The second-order valence-corrected chi connectivity index (χ2v) is 10.6. The minimum Gasteiger partial charge on any atom is -0.495 e. The molecule has 1 atom stereocenters. The summed E-state index contributed by atoms with van der Waals surface area (Å²) in [5.41, 5.74) is 3.07. The molecule has 0 fully saturated rings. The topological polar surface area (TPSA) is 112 Å². The van der Waals surface area contributed by atoms with Crippen molar-refractivity contribution in [3.05, 3.63) is 91.5 Å². The number of nitrogens with one attached hydrogen (secondary N) is 2. The van der Waals surface area contributed by atoms with Gasteiger partial charge in [0, 0.05) is 5.70 Å². The van der Waals surface area contributed by atoms with Crippen molar-refractivity contribution >= 4 is 56.7 Å². The molecule has 10 nitrogen and oxygen atoms in total. The van der Waals surface area contributed by atoms with Crippen molar-refractivity contribution in [1.82, 2.24) is 20.2 Å². The van der Waals surface area contributed by atoms with Crippen molar-refractivity contribution < 1.29 is 19.0 Å². The third-order valence-corrected chi connectivity index (χ3v) is 7.66. The average Bonchev–Trinajstić information content (AvgIpc) is 3.42. The predicted molar refractivity (Wildman–Crippen MR) is 160 cm³/mol. The molecule has 0 saturated carbocycles. The van der Waals surface area contributed by atoms with Crippen LogP contribution in [0.2, 0.25) is 10.0 Å². The number of tetrazole rings is 1. The number of allylic oxidation sites excluding steroid dienone is 1. The number of carbonyl (C=O) groups is 1. The number of hydrogen-bond acceptors (Lipinski definition) is 8. The van der Waals surface area contributed by atoms with Crippen LogP contribution in [0, 0.1) is 0 Å². The van der Waals surface area contributed by atoms with Gasteiger partial charge in [0.15, 0.2) is 11.5 Å². The predicted octanol–water partition coefficient (Wildman–Crippen LogP) is 6.66. The third-order valence-electron chi connectivity index (χ3n) is 6.33. The van der Waals surface area contributed by atoms with Gasteiger partial charge in [-0.1, -0.05) is 46.5 Å². The molecular formula is C28H25BrCl2N6O4. The molecule has 1 amide bonds. The summed E-state index contributed by atoms with van der Waals surface area (Å²) in [6.07, 6.45) is 0. The van der Waals surface area contributed by atoms with Crippen molar-refractivity contribution in [2.24, 2.45) is 0 Å². The van der Waals surface area contributed by atoms with Crippen molar-refractivity contribution in [2.75, 3.05) is 24.4 Å². The number of amides is 1. The first-order valence-electron chi connectivity index (χ1n) is 12.5. The Kier molecular flexibility index (Phi) is 8.67. The van der Waals surface area contributed by atoms with Crippen LogP contribution in [0.4, 0.5) is 11.6 Å². The van der Waals surface area contributed by atoms with Gasteiger partial charge in [0.05, 0.1) is 39.5 Å². The Morgan fingerprint density at radius 3 is 2.66 bits per heavy atom. The van der Waals surface area contributed by atoms with Crippen molar-refractivity contribution in [3.63, 3.8) is 0 Å². The van der Waals surface area contributed by atoms with E-state index in [0.29, 0.717) is 66.8 Å². The monoisotopic (exact) mass is 658 g/mol. The molecule has 0 radical (unpaired) electrons. The molecule has 13 heteroatoms. The maximum absolute atomic E-state index is 13.8. The molecule has 0 spiro atoms. The number of halogens is 3. The SMILES string of the molecule is CCOc1cc(C2C(C(=O)Nc3ccccc3OC)=C(C)Nc3nnnn32)cc(Br)c1OCc1ccc(Cl)c(Cl)c1. The summed E-state index contributed by atoms with van der Waals surface area (Å²) in [6.45, 7) is 4.29. The molecule has 1 aliphatic rings. The van der Waals surface area contributed by atoms with Crippen molar-refractivity contribution in [2.45, 2.75) is 26.5 Å². The summed E-state index contributed by atoms with van der Waals surface area (Å²) in [7, 11) is 1.55. The van der Waals surface area contributed by atoms with Gasteiger partial charge in [-0.2, -0.15) is 4.68 Å². The van der Waals surface area contributed by atoms with Gasteiger partial charge in [0.1, 0.15) is 18.4 Å². The zero-order valence-electron chi connectivity index (χ0n) is 22.2. The Morgan fingerprint density at radius 1 is 1.10 bits per heavy atom. The molecule has 1 aliphatic heterocycles. The smallest absolute Gasteiger partial charge is 0.255 e. The fourth-order valence-electron chi connectivity index (χ4n) is 4.49. The first-order chi connectivity index (χ1) is 19.8. The third kappa shape index (κ3) is 5.97. The normalized spacial score (nSPS) is 14.2. The van der Waals surface area contributed by atoms with E-state index in [1.54, 1.807) is 43.0 Å². The number of fused-ring (bicyclic) bond motifs is 1. The van der Waals surface area contributed by atoms with E-state index in [1.165, 1.54) is 0 Å². The van der Waals surface area contributed by atoms with Crippen LogP contribution in [0.1, 0.15) is 31.0 Å². The van der Waals surface area contributed by atoms with Crippen LogP contribution in [-0.2, 0) is 11.4 Å². The number of para-hydroxylation sites is 2. The number of methoxy groups -OCH3 is 1. The molecule has 1 unspecified atom stereocenters. The van der Waals surface area contributed by atoms with Crippen LogP contribution in [0.15, 0.2) is 70.3 Å². The minimum absolute atomic E-state index is 0.227. The Balaban J connectivity index is 1.53. The number of benzene rings is 3. The fourth-order valence-corrected chi connectivity index (χ4v) is 5.38.